The van der Waals surface area contributed by atoms with Crippen molar-refractivity contribution < 1.29 is 4.79 Å². The molecule has 0 aliphatic rings. The minimum atomic E-state index is 0.170. The van der Waals surface area contributed by atoms with Gasteiger partial charge in [0.1, 0.15) is 0 Å². The molecular formula is C14H23N3O. The van der Waals surface area contributed by atoms with E-state index in [0.717, 1.165) is 38.9 Å². The number of pyridine rings is 1. The molecule has 2 N–H and O–H groups in total. The molecule has 0 unspecified atom stereocenters. The van der Waals surface area contributed by atoms with Crippen LogP contribution in [0.5, 0.6) is 0 Å². The van der Waals surface area contributed by atoms with Crippen LogP contribution in [0.15, 0.2) is 24.5 Å². The van der Waals surface area contributed by atoms with E-state index in [-0.39, 0.29) is 5.91 Å². The quantitative estimate of drug-likeness (QED) is 0.657. The van der Waals surface area contributed by atoms with Gasteiger partial charge in [-0.15, -0.1) is 0 Å². The predicted octanol–water partition coefficient (Wildman–Crippen LogP) is 1.87. The molecule has 4 heteroatoms. The summed E-state index contributed by atoms with van der Waals surface area (Å²) in [5, 5.41) is 6.25. The highest BCUT2D eigenvalue weighted by Crippen LogP contribution is 1.94. The lowest BCUT2D eigenvalue weighted by atomic mass is 10.2. The van der Waals surface area contributed by atoms with Crippen molar-refractivity contribution in [2.24, 2.45) is 0 Å². The predicted molar refractivity (Wildman–Crippen MR) is 73.1 cm³/mol. The third-order valence-electron chi connectivity index (χ3n) is 2.66. The normalized spacial score (nSPS) is 10.3. The highest BCUT2D eigenvalue weighted by atomic mass is 16.1. The van der Waals surface area contributed by atoms with Crippen LogP contribution >= 0.6 is 0 Å². The summed E-state index contributed by atoms with van der Waals surface area (Å²) in [4.78, 5) is 15.4. The summed E-state index contributed by atoms with van der Waals surface area (Å²) in [7, 11) is 0. The van der Waals surface area contributed by atoms with Gasteiger partial charge in [-0.3, -0.25) is 9.78 Å². The Morgan fingerprint density at radius 1 is 1.33 bits per heavy atom. The van der Waals surface area contributed by atoms with Crippen molar-refractivity contribution in [2.75, 3.05) is 13.1 Å². The monoisotopic (exact) mass is 249 g/mol. The summed E-state index contributed by atoms with van der Waals surface area (Å²) in [6, 6.07) is 3.98. The van der Waals surface area contributed by atoms with Gasteiger partial charge in [0.25, 0.3) is 0 Å². The molecule has 18 heavy (non-hydrogen) atoms. The second kappa shape index (κ2) is 9.59. The number of nitrogens with zero attached hydrogens (tertiary/aromatic N) is 1. The van der Waals surface area contributed by atoms with Crippen LogP contribution in [0.4, 0.5) is 0 Å². The molecule has 1 rings (SSSR count). The van der Waals surface area contributed by atoms with Crippen LogP contribution in [-0.2, 0) is 11.3 Å². The minimum Gasteiger partial charge on any atom is -0.356 e. The smallest absolute Gasteiger partial charge is 0.219 e. The first kappa shape index (κ1) is 14.6. The SMILES string of the molecule is CCCCC(=O)NCCCNCc1cccnc1. The molecule has 0 aromatic carbocycles. The molecule has 100 valence electrons. The van der Waals surface area contributed by atoms with E-state index in [1.807, 2.05) is 18.3 Å². The van der Waals surface area contributed by atoms with E-state index < -0.39 is 0 Å². The Hall–Kier alpha value is -1.42. The van der Waals surface area contributed by atoms with E-state index in [2.05, 4.69) is 22.5 Å². The first-order valence-electron chi connectivity index (χ1n) is 6.69. The molecule has 1 aromatic heterocycles. The van der Waals surface area contributed by atoms with Gasteiger partial charge in [-0.05, 0) is 31.0 Å². The number of carbonyl (C=O) groups excluding carboxylic acids is 1. The highest BCUT2D eigenvalue weighted by Gasteiger charge is 1.98. The molecule has 0 fully saturated rings. The van der Waals surface area contributed by atoms with Crippen molar-refractivity contribution in [2.45, 2.75) is 39.2 Å². The zero-order chi connectivity index (χ0) is 13.1. The van der Waals surface area contributed by atoms with Crippen molar-refractivity contribution in [1.82, 2.24) is 15.6 Å². The van der Waals surface area contributed by atoms with E-state index in [1.165, 1.54) is 5.56 Å². The molecule has 1 aromatic rings. The second-order valence-corrected chi connectivity index (χ2v) is 4.35. The van der Waals surface area contributed by atoms with Gasteiger partial charge >= 0.3 is 0 Å². The standard InChI is InChI=1S/C14H23N3O/c1-2-3-7-14(18)17-10-5-9-16-12-13-6-4-8-15-11-13/h4,6,8,11,16H,2-3,5,7,9-10,12H2,1H3,(H,17,18). The Kier molecular flexibility index (Phi) is 7.80. The fourth-order valence-corrected chi connectivity index (χ4v) is 1.60. The third kappa shape index (κ3) is 7.01. The van der Waals surface area contributed by atoms with Crippen LogP contribution in [0.2, 0.25) is 0 Å². The zero-order valence-corrected chi connectivity index (χ0v) is 11.1. The summed E-state index contributed by atoms with van der Waals surface area (Å²) in [6.07, 6.45) is 7.29. The fraction of sp³-hybridized carbons (Fsp3) is 0.571. The number of unbranched alkanes of at least 4 members (excludes halogenated alkanes) is 1. The molecule has 0 saturated carbocycles. The summed E-state index contributed by atoms with van der Waals surface area (Å²) in [6.45, 7) is 4.58. The Morgan fingerprint density at radius 2 is 2.22 bits per heavy atom. The van der Waals surface area contributed by atoms with E-state index in [1.54, 1.807) is 6.20 Å². The van der Waals surface area contributed by atoms with E-state index in [0.29, 0.717) is 6.42 Å². The van der Waals surface area contributed by atoms with Crippen molar-refractivity contribution in [3.05, 3.63) is 30.1 Å². The minimum absolute atomic E-state index is 0.170. The first-order chi connectivity index (χ1) is 8.83. The number of amides is 1. The molecule has 0 atom stereocenters. The average molecular weight is 249 g/mol. The summed E-state index contributed by atoms with van der Waals surface area (Å²) in [5.74, 6) is 0.170. The number of hydrogen-bond donors (Lipinski definition) is 2. The van der Waals surface area contributed by atoms with Crippen LogP contribution in [-0.4, -0.2) is 24.0 Å². The lowest BCUT2D eigenvalue weighted by Gasteiger charge is -2.06. The molecule has 0 aliphatic carbocycles. The number of carbonyl (C=O) groups is 1. The number of rotatable bonds is 9. The van der Waals surface area contributed by atoms with Crippen LogP contribution in [0.1, 0.15) is 38.2 Å². The largest absolute Gasteiger partial charge is 0.356 e. The lowest BCUT2D eigenvalue weighted by Crippen LogP contribution is -2.27. The van der Waals surface area contributed by atoms with E-state index in [9.17, 15) is 4.79 Å². The first-order valence-corrected chi connectivity index (χ1v) is 6.69. The van der Waals surface area contributed by atoms with Gasteiger partial charge in [0.15, 0.2) is 0 Å². The average Bonchev–Trinajstić information content (AvgIpc) is 2.41. The van der Waals surface area contributed by atoms with Crippen LogP contribution < -0.4 is 10.6 Å². The molecule has 1 heterocycles. The molecule has 1 amide bonds. The maximum Gasteiger partial charge on any atom is 0.219 e. The van der Waals surface area contributed by atoms with Gasteiger partial charge in [0.05, 0.1) is 0 Å². The van der Waals surface area contributed by atoms with Crippen molar-refractivity contribution >= 4 is 5.91 Å². The van der Waals surface area contributed by atoms with Crippen molar-refractivity contribution in [1.29, 1.82) is 0 Å². The van der Waals surface area contributed by atoms with E-state index in [4.69, 9.17) is 0 Å². The van der Waals surface area contributed by atoms with Gasteiger partial charge in [-0.25, -0.2) is 0 Å². The number of nitrogens with one attached hydrogen (secondary N) is 2. The molecule has 4 nitrogen and oxygen atoms in total. The summed E-state index contributed by atoms with van der Waals surface area (Å²) >= 11 is 0. The molecule has 0 radical (unpaired) electrons. The Bertz CT molecular complexity index is 327. The zero-order valence-electron chi connectivity index (χ0n) is 11.1. The van der Waals surface area contributed by atoms with Crippen molar-refractivity contribution in [3.8, 4) is 0 Å². The molecule has 0 aliphatic heterocycles. The maximum absolute atomic E-state index is 11.3. The van der Waals surface area contributed by atoms with E-state index >= 15 is 0 Å². The number of aromatic nitrogens is 1. The van der Waals surface area contributed by atoms with Crippen molar-refractivity contribution in [3.63, 3.8) is 0 Å². The fourth-order valence-electron chi connectivity index (χ4n) is 1.60. The summed E-state index contributed by atoms with van der Waals surface area (Å²) in [5.41, 5.74) is 1.18. The van der Waals surface area contributed by atoms with Gasteiger partial charge < -0.3 is 10.6 Å². The van der Waals surface area contributed by atoms with Gasteiger partial charge in [-0.2, -0.15) is 0 Å². The topological polar surface area (TPSA) is 54.0 Å². The van der Waals surface area contributed by atoms with Crippen LogP contribution in [0, 0.1) is 0 Å². The third-order valence-corrected chi connectivity index (χ3v) is 2.66. The van der Waals surface area contributed by atoms with Gasteiger partial charge in [0, 0.05) is 31.9 Å². The number of hydrogen-bond acceptors (Lipinski definition) is 3. The Labute approximate surface area is 109 Å². The lowest BCUT2D eigenvalue weighted by molar-refractivity contribution is -0.121. The Balaban J connectivity index is 1.94. The molecule has 0 saturated heterocycles. The maximum atomic E-state index is 11.3. The summed E-state index contributed by atoms with van der Waals surface area (Å²) < 4.78 is 0. The van der Waals surface area contributed by atoms with Crippen LogP contribution in [0.25, 0.3) is 0 Å². The molecule has 0 spiro atoms. The van der Waals surface area contributed by atoms with Gasteiger partial charge in [0.2, 0.25) is 5.91 Å². The van der Waals surface area contributed by atoms with Crippen LogP contribution in [0.3, 0.4) is 0 Å². The second-order valence-electron chi connectivity index (χ2n) is 4.35. The van der Waals surface area contributed by atoms with Gasteiger partial charge in [-0.1, -0.05) is 19.4 Å². The highest BCUT2D eigenvalue weighted by molar-refractivity contribution is 5.75. The molecular weight excluding hydrogens is 226 g/mol. The Morgan fingerprint density at radius 3 is 2.94 bits per heavy atom. The molecule has 0 bridgehead atoms.